The molecule has 0 atom stereocenters. The van der Waals surface area contributed by atoms with E-state index in [2.05, 4.69) is 5.11 Å². The Labute approximate surface area is 86.7 Å². The van der Waals surface area contributed by atoms with Crippen LogP contribution in [0, 0.1) is 10.1 Å². The van der Waals surface area contributed by atoms with Crippen molar-refractivity contribution in [3.63, 3.8) is 0 Å². The first-order chi connectivity index (χ1) is 7.52. The number of phenols is 1. The highest BCUT2D eigenvalue weighted by atomic mass is 16.6. The largest absolute Gasteiger partial charge is 0.501 e. The summed E-state index contributed by atoms with van der Waals surface area (Å²) >= 11 is 0. The van der Waals surface area contributed by atoms with Gasteiger partial charge in [-0.25, -0.2) is 0 Å². The molecule has 0 saturated heterocycles. The number of aromatic hydroxyl groups is 1. The monoisotopic (exact) mass is 212 g/mol. The van der Waals surface area contributed by atoms with Gasteiger partial charge in [0.05, 0.1) is 12.0 Å². The second-order valence-corrected chi connectivity index (χ2v) is 2.80. The molecule has 0 aliphatic rings. The number of rotatable bonds is 4. The molecule has 6 heteroatoms. The van der Waals surface area contributed by atoms with Gasteiger partial charge in [-0.05, 0) is 13.0 Å². The number of nitrogens with zero attached hydrogens (tertiary/aromatic N) is 1. The Morgan fingerprint density at radius 1 is 1.67 bits per heavy atom. The second-order valence-electron chi connectivity index (χ2n) is 2.80. The van der Waals surface area contributed by atoms with Crippen LogP contribution in [0.15, 0.2) is 12.1 Å². The maximum atomic E-state index is 11.3. The molecule has 0 aliphatic carbocycles. The first-order valence-electron chi connectivity index (χ1n) is 4.43. The highest BCUT2D eigenvalue weighted by Gasteiger charge is 2.23. The number of carbonyl (C=O) groups is 1. The van der Waals surface area contributed by atoms with Crippen LogP contribution in [0.2, 0.25) is 0 Å². The highest BCUT2D eigenvalue weighted by molar-refractivity contribution is 6.00. The van der Waals surface area contributed by atoms with Crippen LogP contribution < -0.4 is 4.74 Å². The summed E-state index contributed by atoms with van der Waals surface area (Å²) in [7, 11) is 1.32. The molecule has 0 saturated carbocycles. The fourth-order valence-electron chi connectivity index (χ4n) is 1.20. The minimum Gasteiger partial charge on any atom is -0.501 e. The quantitative estimate of drug-likeness (QED) is 0.464. The lowest BCUT2D eigenvalue weighted by Gasteiger charge is -2.07. The lowest BCUT2D eigenvalue weighted by Crippen LogP contribution is -2.00. The average molecular weight is 212 g/mol. The van der Waals surface area contributed by atoms with E-state index < -0.39 is 22.1 Å². The summed E-state index contributed by atoms with van der Waals surface area (Å²) in [6.45, 7) is 1.21. The molecule has 0 fully saturated rings. The van der Waals surface area contributed by atoms with Gasteiger partial charge >= 0.3 is 5.69 Å². The van der Waals surface area contributed by atoms with Crippen molar-refractivity contribution in [3.8, 4) is 11.5 Å². The third kappa shape index (κ3) is 1.88. The number of nitro benzene ring substituents is 1. The molecule has 6 nitrogen and oxygen atoms in total. The van der Waals surface area contributed by atoms with E-state index in [1.165, 1.54) is 20.1 Å². The molecule has 80 valence electrons. The Hall–Kier alpha value is -2.11. The smallest absolute Gasteiger partial charge is 0.311 e. The fourth-order valence-corrected chi connectivity index (χ4v) is 1.20. The molecule has 0 aliphatic heterocycles. The number of ketones is 1. The number of nitro groups is 1. The number of Topliss-reactive ketones (excluding diaryl/α,β-unsaturated/α-hetero) is 1. The van der Waals surface area contributed by atoms with Crippen molar-refractivity contribution in [2.75, 3.05) is 7.11 Å². The fraction of sp³-hybridized carbons (Fsp3) is 0.222. The molecule has 0 unspecified atom stereocenters. The van der Waals surface area contributed by atoms with E-state index in [9.17, 15) is 14.9 Å². The topological polar surface area (TPSA) is 89.7 Å². The second kappa shape index (κ2) is 3.95. The van der Waals surface area contributed by atoms with E-state index in [1.54, 1.807) is 0 Å². The number of phenolic OH excluding ortho intramolecular Hbond substituents is 1. The van der Waals surface area contributed by atoms with E-state index in [0.717, 1.165) is 6.07 Å². The molecular formula is C9H9NO5. The normalized spacial score (nSPS) is 10.4. The number of benzene rings is 1. The average Bonchev–Trinajstić information content (AvgIpc) is 2.26. The number of hydrogen-bond donors (Lipinski definition) is 1. The van der Waals surface area contributed by atoms with Gasteiger partial charge in [0.25, 0.3) is 1.43 Å². The lowest BCUT2D eigenvalue weighted by atomic mass is 10.1. The van der Waals surface area contributed by atoms with Crippen molar-refractivity contribution in [2.45, 2.75) is 6.92 Å². The Morgan fingerprint density at radius 2 is 2.33 bits per heavy atom. The van der Waals surface area contributed by atoms with Crippen molar-refractivity contribution in [1.29, 1.82) is 1.43 Å². The molecule has 0 bridgehead atoms. The SMILES string of the molecule is [2H]Oc1c([N+](=O)[O-])ccc(OC)c1C(C)=O. The first-order valence-corrected chi connectivity index (χ1v) is 4.02. The molecule has 1 rings (SSSR count). The molecule has 0 heterocycles. The number of ether oxygens (including phenoxy) is 1. The molecule has 1 aromatic carbocycles. The predicted octanol–water partition coefficient (Wildman–Crippen LogP) is 1.51. The van der Waals surface area contributed by atoms with Gasteiger partial charge < -0.3 is 9.85 Å². The standard InChI is InChI=1S/C9H9NO5/c1-5(11)8-7(15-2)4-3-6(9(8)12)10(13)14/h3-4,12H,1-2H3/i/hD. The molecule has 0 radical (unpaired) electrons. The van der Waals surface area contributed by atoms with Crippen LogP contribution >= 0.6 is 0 Å². The van der Waals surface area contributed by atoms with E-state index in [4.69, 9.17) is 6.17 Å². The van der Waals surface area contributed by atoms with Gasteiger partial charge in [0.2, 0.25) is 5.75 Å². The van der Waals surface area contributed by atoms with Gasteiger partial charge in [-0.15, -0.1) is 0 Å². The summed E-state index contributed by atoms with van der Waals surface area (Å²) in [6.07, 6.45) is 0. The van der Waals surface area contributed by atoms with Crippen molar-refractivity contribution in [1.82, 2.24) is 0 Å². The summed E-state index contributed by atoms with van der Waals surface area (Å²) in [4.78, 5) is 21.2. The van der Waals surface area contributed by atoms with Gasteiger partial charge in [-0.2, -0.15) is 0 Å². The van der Waals surface area contributed by atoms with Crippen LogP contribution in [-0.2, 0) is 0 Å². The van der Waals surface area contributed by atoms with E-state index in [-0.39, 0.29) is 11.3 Å². The van der Waals surface area contributed by atoms with E-state index >= 15 is 0 Å². The van der Waals surface area contributed by atoms with Gasteiger partial charge in [-0.1, -0.05) is 0 Å². The highest BCUT2D eigenvalue weighted by Crippen LogP contribution is 2.36. The Kier molecular flexibility index (Phi) is 2.49. The number of hydrogen-bond acceptors (Lipinski definition) is 5. The van der Waals surface area contributed by atoms with E-state index in [0.29, 0.717) is 0 Å². The Morgan fingerprint density at radius 3 is 2.73 bits per heavy atom. The minimum atomic E-state index is -0.726. The lowest BCUT2D eigenvalue weighted by molar-refractivity contribution is -0.385. The van der Waals surface area contributed by atoms with E-state index in [1.807, 2.05) is 0 Å². The molecule has 15 heavy (non-hydrogen) atoms. The summed E-state index contributed by atoms with van der Waals surface area (Å²) in [5.41, 5.74) is -0.548. The van der Waals surface area contributed by atoms with Crippen molar-refractivity contribution >= 4 is 11.5 Å². The summed E-state index contributed by atoms with van der Waals surface area (Å²) in [5, 5.41) is 14.8. The first kappa shape index (κ1) is 9.45. The van der Waals surface area contributed by atoms with Gasteiger partial charge in [0, 0.05) is 6.07 Å². The maximum Gasteiger partial charge on any atom is 0.311 e. The third-order valence-electron chi connectivity index (χ3n) is 1.87. The zero-order valence-electron chi connectivity index (χ0n) is 9.14. The third-order valence-corrected chi connectivity index (χ3v) is 1.87. The van der Waals surface area contributed by atoms with Crippen molar-refractivity contribution < 1.29 is 19.6 Å². The zero-order valence-corrected chi connectivity index (χ0v) is 8.14. The minimum absolute atomic E-state index is 0.105. The molecule has 0 aromatic heterocycles. The van der Waals surface area contributed by atoms with Gasteiger partial charge in [0.15, 0.2) is 5.78 Å². The molecule has 1 aromatic rings. The summed E-state index contributed by atoms with van der Waals surface area (Å²) < 4.78 is 11.6. The van der Waals surface area contributed by atoms with Gasteiger partial charge in [0.1, 0.15) is 11.3 Å². The Balaban J connectivity index is 3.56. The zero-order chi connectivity index (χ0) is 12.3. The van der Waals surface area contributed by atoms with Crippen LogP contribution in [0.3, 0.4) is 0 Å². The number of carbonyl (C=O) groups excluding carboxylic acids is 1. The van der Waals surface area contributed by atoms with Gasteiger partial charge in [-0.3, -0.25) is 14.9 Å². The number of methoxy groups -OCH3 is 1. The molecule has 0 spiro atoms. The van der Waals surface area contributed by atoms with Crippen LogP contribution in [0.1, 0.15) is 17.3 Å². The maximum absolute atomic E-state index is 11.3. The van der Waals surface area contributed by atoms with Crippen molar-refractivity contribution in [2.24, 2.45) is 0 Å². The summed E-state index contributed by atoms with van der Waals surface area (Å²) in [5.74, 6) is -0.736. The Bertz CT molecular complexity index is 446. The molecule has 0 amide bonds. The van der Waals surface area contributed by atoms with Crippen LogP contribution in [0.4, 0.5) is 5.69 Å². The van der Waals surface area contributed by atoms with Crippen LogP contribution in [-0.4, -0.2) is 24.4 Å². The predicted molar refractivity (Wildman–Crippen MR) is 51.3 cm³/mol. The summed E-state index contributed by atoms with van der Waals surface area (Å²) in [6, 6.07) is 2.41. The van der Waals surface area contributed by atoms with Crippen LogP contribution in [0.5, 0.6) is 11.5 Å². The molecule has 1 N–H and O–H groups in total. The van der Waals surface area contributed by atoms with Crippen LogP contribution in [0.25, 0.3) is 0 Å². The molecular weight excluding hydrogens is 202 g/mol. The van der Waals surface area contributed by atoms with Crippen molar-refractivity contribution in [3.05, 3.63) is 27.8 Å².